The predicted octanol–water partition coefficient (Wildman–Crippen LogP) is 3.02. The van der Waals surface area contributed by atoms with Gasteiger partial charge in [-0.25, -0.2) is 0 Å². The maximum atomic E-state index is 5.30. The molecule has 4 aromatic rings. The number of rotatable bonds is 5. The average molecular weight is 394 g/mol. The minimum atomic E-state index is 0.133. The molecule has 3 aromatic carbocycles. The van der Waals surface area contributed by atoms with E-state index in [0.29, 0.717) is 0 Å². The van der Waals surface area contributed by atoms with Crippen LogP contribution in [0.25, 0.3) is 11.0 Å². The Labute approximate surface area is 152 Å². The molecule has 25 heavy (non-hydrogen) atoms. The zero-order chi connectivity index (χ0) is 17.1. The van der Waals surface area contributed by atoms with Gasteiger partial charge in [0.15, 0.2) is 0 Å². The maximum absolute atomic E-state index is 5.30. The fraction of sp³-hybridized carbons (Fsp3) is 0.100. The van der Waals surface area contributed by atoms with E-state index < -0.39 is 0 Å². The molecular weight excluding hydrogens is 377 g/mol. The number of aromatic nitrogens is 3. The van der Waals surface area contributed by atoms with Crippen LogP contribution in [0, 0.1) is 0 Å². The van der Waals surface area contributed by atoms with E-state index in [1.165, 1.54) is 10.0 Å². The zero-order valence-corrected chi connectivity index (χ0v) is 15.5. The van der Waals surface area contributed by atoms with Crippen molar-refractivity contribution in [3.63, 3.8) is 0 Å². The van der Waals surface area contributed by atoms with Crippen molar-refractivity contribution in [2.24, 2.45) is 0 Å². The van der Waals surface area contributed by atoms with Crippen LogP contribution in [0.3, 0.4) is 0 Å². The standard InChI is InChI=1S/C20H17N3OSe/c1-24-16-13-11-15(12-14-16)20(25-17-7-3-2-4-8-17)23-19-10-6-5-9-18(19)21-22-23/h2-14,20H,1H3. The molecule has 1 aromatic heterocycles. The van der Waals surface area contributed by atoms with Gasteiger partial charge in [-0.2, -0.15) is 0 Å². The van der Waals surface area contributed by atoms with Crippen LogP contribution >= 0.6 is 0 Å². The summed E-state index contributed by atoms with van der Waals surface area (Å²) >= 11 is 0.173. The Morgan fingerprint density at radius 2 is 1.60 bits per heavy atom. The van der Waals surface area contributed by atoms with Gasteiger partial charge >= 0.3 is 152 Å². The summed E-state index contributed by atoms with van der Waals surface area (Å²) in [4.78, 5) is 0.133. The molecule has 0 aliphatic rings. The van der Waals surface area contributed by atoms with Gasteiger partial charge in [0.2, 0.25) is 0 Å². The molecule has 5 heteroatoms. The topological polar surface area (TPSA) is 39.9 Å². The molecule has 0 saturated heterocycles. The van der Waals surface area contributed by atoms with Gasteiger partial charge in [0.1, 0.15) is 0 Å². The molecule has 0 aliphatic heterocycles. The normalized spacial score (nSPS) is 12.2. The van der Waals surface area contributed by atoms with E-state index in [2.05, 4.69) is 52.8 Å². The number of benzene rings is 3. The minimum absolute atomic E-state index is 0.133. The van der Waals surface area contributed by atoms with Gasteiger partial charge in [-0.05, 0) is 0 Å². The Balaban J connectivity index is 1.79. The molecular formula is C20H17N3OSe. The van der Waals surface area contributed by atoms with Crippen molar-refractivity contribution in [3.05, 3.63) is 84.4 Å². The third-order valence-electron chi connectivity index (χ3n) is 3.99. The summed E-state index contributed by atoms with van der Waals surface area (Å²) in [6, 6.07) is 26.9. The van der Waals surface area contributed by atoms with E-state index >= 15 is 0 Å². The Bertz CT molecular complexity index is 967. The van der Waals surface area contributed by atoms with Crippen LogP contribution in [-0.4, -0.2) is 37.1 Å². The first kappa shape index (κ1) is 15.9. The van der Waals surface area contributed by atoms with Crippen LogP contribution in [0.15, 0.2) is 78.9 Å². The van der Waals surface area contributed by atoms with E-state index in [4.69, 9.17) is 4.74 Å². The average Bonchev–Trinajstić information content (AvgIpc) is 3.11. The van der Waals surface area contributed by atoms with Gasteiger partial charge in [-0.1, -0.05) is 0 Å². The predicted molar refractivity (Wildman–Crippen MR) is 100 cm³/mol. The first-order valence-electron chi connectivity index (χ1n) is 8.01. The summed E-state index contributed by atoms with van der Waals surface area (Å²) in [5, 5.41) is 8.80. The molecule has 0 amide bonds. The monoisotopic (exact) mass is 395 g/mol. The number of nitrogens with zero attached hydrogens (tertiary/aromatic N) is 3. The molecule has 0 saturated carbocycles. The summed E-state index contributed by atoms with van der Waals surface area (Å²) in [7, 11) is 1.69. The number of hydrogen-bond acceptors (Lipinski definition) is 3. The molecule has 0 bridgehead atoms. The second kappa shape index (κ2) is 7.09. The molecule has 1 heterocycles. The van der Waals surface area contributed by atoms with Gasteiger partial charge in [-0.15, -0.1) is 0 Å². The van der Waals surface area contributed by atoms with Crippen LogP contribution in [0.4, 0.5) is 0 Å². The van der Waals surface area contributed by atoms with E-state index in [0.717, 1.165) is 16.8 Å². The fourth-order valence-electron chi connectivity index (χ4n) is 2.72. The van der Waals surface area contributed by atoms with Crippen molar-refractivity contribution in [2.45, 2.75) is 4.94 Å². The van der Waals surface area contributed by atoms with Crippen molar-refractivity contribution < 1.29 is 4.74 Å². The molecule has 0 N–H and O–H groups in total. The fourth-order valence-corrected chi connectivity index (χ4v) is 5.07. The SMILES string of the molecule is COc1ccc(C([Se]c2ccccc2)n2nnc3ccccc32)cc1. The van der Waals surface area contributed by atoms with E-state index in [1.54, 1.807) is 7.11 Å². The van der Waals surface area contributed by atoms with Crippen molar-refractivity contribution in [1.82, 2.24) is 15.0 Å². The third kappa shape index (κ3) is 3.29. The molecule has 1 unspecified atom stereocenters. The first-order chi connectivity index (χ1) is 12.3. The summed E-state index contributed by atoms with van der Waals surface area (Å²) in [6.07, 6.45) is 0. The zero-order valence-electron chi connectivity index (χ0n) is 13.7. The van der Waals surface area contributed by atoms with Crippen molar-refractivity contribution in [2.75, 3.05) is 7.11 Å². The van der Waals surface area contributed by atoms with Crippen LogP contribution in [0.1, 0.15) is 10.5 Å². The van der Waals surface area contributed by atoms with Crippen molar-refractivity contribution in [1.29, 1.82) is 0 Å². The quantitative estimate of drug-likeness (QED) is 0.489. The van der Waals surface area contributed by atoms with Crippen LogP contribution in [0.5, 0.6) is 5.75 Å². The molecule has 0 fully saturated rings. The van der Waals surface area contributed by atoms with Gasteiger partial charge in [0.25, 0.3) is 0 Å². The summed E-state index contributed by atoms with van der Waals surface area (Å²) in [6.45, 7) is 0. The van der Waals surface area contributed by atoms with Crippen molar-refractivity contribution >= 4 is 30.5 Å². The molecule has 124 valence electrons. The van der Waals surface area contributed by atoms with E-state index in [9.17, 15) is 0 Å². The molecule has 4 nitrogen and oxygen atoms in total. The Morgan fingerprint density at radius 1 is 0.880 bits per heavy atom. The third-order valence-corrected chi connectivity index (χ3v) is 6.59. The number of ether oxygens (including phenoxy) is 1. The molecule has 1 atom stereocenters. The van der Waals surface area contributed by atoms with Crippen LogP contribution in [-0.2, 0) is 0 Å². The number of fused-ring (bicyclic) bond motifs is 1. The first-order valence-corrected chi connectivity index (χ1v) is 9.85. The van der Waals surface area contributed by atoms with Crippen LogP contribution < -0.4 is 9.20 Å². The Hall–Kier alpha value is -2.62. The molecule has 0 spiro atoms. The Morgan fingerprint density at radius 3 is 2.36 bits per heavy atom. The second-order valence-electron chi connectivity index (χ2n) is 5.58. The van der Waals surface area contributed by atoms with Crippen LogP contribution in [0.2, 0.25) is 0 Å². The second-order valence-corrected chi connectivity index (χ2v) is 8.00. The number of para-hydroxylation sites is 1. The number of methoxy groups -OCH3 is 1. The molecule has 0 aliphatic carbocycles. The summed E-state index contributed by atoms with van der Waals surface area (Å²) in [5.74, 6) is 0.859. The molecule has 0 radical (unpaired) electrons. The van der Waals surface area contributed by atoms with E-state index in [-0.39, 0.29) is 19.9 Å². The van der Waals surface area contributed by atoms with Gasteiger partial charge in [-0.3, -0.25) is 0 Å². The summed E-state index contributed by atoms with van der Waals surface area (Å²) < 4.78 is 8.67. The molecule has 4 rings (SSSR count). The number of hydrogen-bond donors (Lipinski definition) is 0. The summed E-state index contributed by atoms with van der Waals surface area (Å²) in [5.41, 5.74) is 3.19. The van der Waals surface area contributed by atoms with Gasteiger partial charge in [0, 0.05) is 0 Å². The van der Waals surface area contributed by atoms with Gasteiger partial charge < -0.3 is 0 Å². The van der Waals surface area contributed by atoms with Gasteiger partial charge in [0.05, 0.1) is 0 Å². The van der Waals surface area contributed by atoms with Crippen molar-refractivity contribution in [3.8, 4) is 5.75 Å². The Kier molecular flexibility index (Phi) is 4.51. The van der Waals surface area contributed by atoms with E-state index in [1.807, 2.05) is 41.1 Å².